The van der Waals surface area contributed by atoms with Crippen molar-refractivity contribution in [2.75, 3.05) is 13.4 Å². The fourth-order valence-corrected chi connectivity index (χ4v) is 2.62. The normalized spacial score (nSPS) is 13.7. The molecule has 132 valence electrons. The minimum Gasteiger partial charge on any atom is -0.480 e. The van der Waals surface area contributed by atoms with Crippen LogP contribution in [-0.2, 0) is 11.3 Å². The number of amides is 1. The number of hydrogen-bond acceptors (Lipinski definition) is 6. The molecule has 0 unspecified atom stereocenters. The number of nitrogens with one attached hydrogen (secondary N) is 1. The number of nitrogens with zero attached hydrogens (tertiary/aromatic N) is 1. The smallest absolute Gasteiger partial charge is 0.328 e. The standard InChI is InChI=1S/C16H16N2O7/c1-2-18-5-9(15(21)17-10(6-19)16(22)23)14(20)8-3-12-13(4-11(8)18)25-7-24-12/h3-5,10,19H,2,6-7H2,1H3,(H,17,21)(H,22,23)/t10-/m1/s1. The Hall–Kier alpha value is -3.07. The summed E-state index contributed by atoms with van der Waals surface area (Å²) in [5.74, 6) is -1.34. The Kier molecular flexibility index (Phi) is 4.32. The molecule has 1 aliphatic rings. The number of hydrogen-bond donors (Lipinski definition) is 3. The maximum absolute atomic E-state index is 12.7. The van der Waals surface area contributed by atoms with Gasteiger partial charge >= 0.3 is 5.97 Å². The fraction of sp³-hybridized carbons (Fsp3) is 0.312. The molecule has 2 aromatic rings. The Balaban J connectivity index is 2.12. The van der Waals surface area contributed by atoms with Gasteiger partial charge in [-0.1, -0.05) is 0 Å². The van der Waals surface area contributed by atoms with Crippen molar-refractivity contribution in [1.29, 1.82) is 0 Å². The number of carbonyl (C=O) groups excluding carboxylic acids is 1. The third-order valence-electron chi connectivity index (χ3n) is 3.95. The molecule has 1 aromatic heterocycles. The first-order valence-electron chi connectivity index (χ1n) is 7.57. The van der Waals surface area contributed by atoms with E-state index in [1.54, 1.807) is 10.6 Å². The van der Waals surface area contributed by atoms with Crippen LogP contribution in [0.5, 0.6) is 11.5 Å². The number of carboxylic acids is 1. The van der Waals surface area contributed by atoms with E-state index >= 15 is 0 Å². The summed E-state index contributed by atoms with van der Waals surface area (Å²) in [6.07, 6.45) is 1.36. The Morgan fingerprint density at radius 2 is 2.00 bits per heavy atom. The zero-order valence-corrected chi connectivity index (χ0v) is 13.3. The average Bonchev–Trinajstić information content (AvgIpc) is 3.05. The number of carbonyl (C=O) groups is 2. The molecule has 1 atom stereocenters. The molecule has 25 heavy (non-hydrogen) atoms. The van der Waals surface area contributed by atoms with Crippen molar-refractivity contribution < 1.29 is 29.3 Å². The average molecular weight is 348 g/mol. The first-order valence-corrected chi connectivity index (χ1v) is 7.57. The molecule has 1 amide bonds. The Labute approximate surface area is 141 Å². The van der Waals surface area contributed by atoms with E-state index in [0.717, 1.165) is 0 Å². The predicted molar refractivity (Wildman–Crippen MR) is 86.0 cm³/mol. The van der Waals surface area contributed by atoms with Crippen molar-refractivity contribution in [2.24, 2.45) is 0 Å². The lowest BCUT2D eigenvalue weighted by molar-refractivity contribution is -0.140. The molecule has 0 saturated carbocycles. The summed E-state index contributed by atoms with van der Waals surface area (Å²) in [7, 11) is 0. The van der Waals surface area contributed by atoms with E-state index in [-0.39, 0.29) is 17.7 Å². The highest BCUT2D eigenvalue weighted by Gasteiger charge is 2.24. The molecule has 0 radical (unpaired) electrons. The maximum Gasteiger partial charge on any atom is 0.328 e. The molecule has 9 heteroatoms. The summed E-state index contributed by atoms with van der Waals surface area (Å²) in [5, 5.41) is 20.4. The quantitative estimate of drug-likeness (QED) is 0.690. The van der Waals surface area contributed by atoms with Crippen LogP contribution < -0.4 is 20.2 Å². The van der Waals surface area contributed by atoms with E-state index < -0.39 is 30.0 Å². The molecular weight excluding hydrogens is 332 g/mol. The van der Waals surface area contributed by atoms with Gasteiger partial charge in [-0.2, -0.15) is 0 Å². The van der Waals surface area contributed by atoms with Gasteiger partial charge in [0, 0.05) is 18.8 Å². The first-order chi connectivity index (χ1) is 12.0. The fourth-order valence-electron chi connectivity index (χ4n) is 2.62. The van der Waals surface area contributed by atoms with E-state index in [1.165, 1.54) is 12.3 Å². The van der Waals surface area contributed by atoms with Crippen LogP contribution in [0, 0.1) is 0 Å². The van der Waals surface area contributed by atoms with Crippen LogP contribution in [0.15, 0.2) is 23.1 Å². The second-order valence-corrected chi connectivity index (χ2v) is 5.43. The van der Waals surface area contributed by atoms with Crippen LogP contribution in [0.25, 0.3) is 10.9 Å². The van der Waals surface area contributed by atoms with Gasteiger partial charge in [-0.25, -0.2) is 4.79 Å². The lowest BCUT2D eigenvalue weighted by Crippen LogP contribution is -2.44. The monoisotopic (exact) mass is 348 g/mol. The molecule has 3 rings (SSSR count). The van der Waals surface area contributed by atoms with Gasteiger partial charge in [0.25, 0.3) is 5.91 Å². The van der Waals surface area contributed by atoms with E-state index in [1.807, 2.05) is 6.92 Å². The predicted octanol–water partition coefficient (Wildman–Crippen LogP) is -0.0746. The van der Waals surface area contributed by atoms with Gasteiger partial charge in [-0.05, 0) is 13.0 Å². The van der Waals surface area contributed by atoms with Gasteiger partial charge in [0.15, 0.2) is 17.5 Å². The van der Waals surface area contributed by atoms with Crippen molar-refractivity contribution in [2.45, 2.75) is 19.5 Å². The van der Waals surface area contributed by atoms with Crippen LogP contribution in [0.4, 0.5) is 0 Å². The third-order valence-corrected chi connectivity index (χ3v) is 3.95. The van der Waals surface area contributed by atoms with Crippen molar-refractivity contribution in [3.8, 4) is 11.5 Å². The lowest BCUT2D eigenvalue weighted by atomic mass is 10.1. The summed E-state index contributed by atoms with van der Waals surface area (Å²) < 4.78 is 12.3. The Morgan fingerprint density at radius 3 is 2.60 bits per heavy atom. The van der Waals surface area contributed by atoms with Gasteiger partial charge in [-0.3, -0.25) is 9.59 Å². The number of aliphatic carboxylic acids is 1. The summed E-state index contributed by atoms with van der Waals surface area (Å²) in [6, 6.07) is 1.68. The topological polar surface area (TPSA) is 127 Å². The van der Waals surface area contributed by atoms with Crippen LogP contribution in [0.2, 0.25) is 0 Å². The first kappa shape index (κ1) is 16.8. The van der Waals surface area contributed by atoms with Gasteiger partial charge in [0.05, 0.1) is 17.5 Å². The van der Waals surface area contributed by atoms with Gasteiger partial charge in [0.1, 0.15) is 5.56 Å². The van der Waals surface area contributed by atoms with Gasteiger partial charge in [0.2, 0.25) is 12.2 Å². The van der Waals surface area contributed by atoms with E-state index in [4.69, 9.17) is 19.7 Å². The molecule has 0 spiro atoms. The molecule has 0 aliphatic carbocycles. The molecule has 0 saturated heterocycles. The number of ether oxygens (including phenoxy) is 2. The Morgan fingerprint density at radius 1 is 1.32 bits per heavy atom. The molecule has 1 aliphatic heterocycles. The van der Waals surface area contributed by atoms with Crippen molar-refractivity contribution in [1.82, 2.24) is 9.88 Å². The highest BCUT2D eigenvalue weighted by molar-refractivity contribution is 5.99. The molecule has 0 fully saturated rings. The molecular formula is C16H16N2O7. The minimum absolute atomic E-state index is 0.0517. The highest BCUT2D eigenvalue weighted by atomic mass is 16.7. The van der Waals surface area contributed by atoms with Crippen LogP contribution in [0.3, 0.4) is 0 Å². The Bertz CT molecular complexity index is 919. The largest absolute Gasteiger partial charge is 0.480 e. The lowest BCUT2D eigenvalue weighted by Gasteiger charge is -2.14. The SMILES string of the molecule is CCn1cc(C(=O)N[C@H](CO)C(=O)O)c(=O)c2cc3c(cc21)OCO3. The van der Waals surface area contributed by atoms with Crippen LogP contribution in [0.1, 0.15) is 17.3 Å². The number of aryl methyl sites for hydroxylation is 1. The number of pyridine rings is 1. The maximum atomic E-state index is 12.7. The molecule has 0 bridgehead atoms. The number of carboxylic acid groups (broad SMARTS) is 1. The molecule has 9 nitrogen and oxygen atoms in total. The number of aromatic nitrogens is 1. The third kappa shape index (κ3) is 2.89. The van der Waals surface area contributed by atoms with E-state index in [0.29, 0.717) is 23.6 Å². The number of rotatable bonds is 5. The van der Waals surface area contributed by atoms with E-state index in [9.17, 15) is 14.4 Å². The van der Waals surface area contributed by atoms with Crippen LogP contribution >= 0.6 is 0 Å². The summed E-state index contributed by atoms with van der Waals surface area (Å²) in [4.78, 5) is 36.0. The van der Waals surface area contributed by atoms with Gasteiger partial charge in [-0.15, -0.1) is 0 Å². The molecule has 1 aromatic carbocycles. The van der Waals surface area contributed by atoms with Crippen molar-refractivity contribution >= 4 is 22.8 Å². The number of aliphatic hydroxyl groups is 1. The highest BCUT2D eigenvalue weighted by Crippen LogP contribution is 2.35. The van der Waals surface area contributed by atoms with Gasteiger partial charge < -0.3 is 29.6 Å². The zero-order chi connectivity index (χ0) is 18.1. The summed E-state index contributed by atoms with van der Waals surface area (Å²) in [6.45, 7) is 1.58. The second-order valence-electron chi connectivity index (χ2n) is 5.43. The van der Waals surface area contributed by atoms with Crippen molar-refractivity contribution in [3.63, 3.8) is 0 Å². The van der Waals surface area contributed by atoms with Crippen molar-refractivity contribution in [3.05, 3.63) is 34.1 Å². The molecule has 2 heterocycles. The number of benzene rings is 1. The minimum atomic E-state index is -1.49. The second kappa shape index (κ2) is 6.44. The van der Waals surface area contributed by atoms with Crippen LogP contribution in [-0.4, -0.2) is 46.1 Å². The summed E-state index contributed by atoms with van der Waals surface area (Å²) in [5.41, 5.74) is -0.198. The zero-order valence-electron chi connectivity index (χ0n) is 13.3. The summed E-state index contributed by atoms with van der Waals surface area (Å²) >= 11 is 0. The van der Waals surface area contributed by atoms with E-state index in [2.05, 4.69) is 5.32 Å². The number of fused-ring (bicyclic) bond motifs is 2. The molecule has 3 N–H and O–H groups in total. The number of aliphatic hydroxyl groups excluding tert-OH is 1.